The van der Waals surface area contributed by atoms with Gasteiger partial charge in [-0.2, -0.15) is 4.98 Å². The summed E-state index contributed by atoms with van der Waals surface area (Å²) in [5.74, 6) is 0.519. The standard InChI is InChI=1S/C10H17ClN4O/c1-5(4-6(2)16)13-9-8(12)7(3)14-10(11)15-9/h5-6,16H,4,12H2,1-3H3,(H,13,14,15). The number of halogens is 1. The summed E-state index contributed by atoms with van der Waals surface area (Å²) in [5.41, 5.74) is 6.95. The summed E-state index contributed by atoms with van der Waals surface area (Å²) in [6, 6.07) is 0.0627. The summed E-state index contributed by atoms with van der Waals surface area (Å²) in [6.45, 7) is 5.45. The molecule has 1 rings (SSSR count). The van der Waals surface area contributed by atoms with Crippen molar-refractivity contribution in [1.82, 2.24) is 9.97 Å². The van der Waals surface area contributed by atoms with Gasteiger partial charge in [0.15, 0.2) is 5.82 Å². The van der Waals surface area contributed by atoms with Gasteiger partial charge in [0.05, 0.1) is 17.5 Å². The number of hydrogen-bond donors (Lipinski definition) is 3. The second-order valence-electron chi connectivity index (χ2n) is 3.97. The van der Waals surface area contributed by atoms with Crippen molar-refractivity contribution < 1.29 is 5.11 Å². The maximum atomic E-state index is 9.25. The van der Waals surface area contributed by atoms with Crippen LogP contribution in [0.25, 0.3) is 0 Å². The molecule has 1 aromatic heterocycles. The van der Waals surface area contributed by atoms with Crippen molar-refractivity contribution in [2.24, 2.45) is 0 Å². The Morgan fingerprint density at radius 1 is 1.44 bits per heavy atom. The number of nitrogens with two attached hydrogens (primary N) is 1. The third-order valence-electron chi connectivity index (χ3n) is 2.19. The minimum atomic E-state index is -0.373. The Hall–Kier alpha value is -1.07. The van der Waals surface area contributed by atoms with E-state index in [0.717, 1.165) is 0 Å². The molecule has 0 spiro atoms. The largest absolute Gasteiger partial charge is 0.394 e. The van der Waals surface area contributed by atoms with Gasteiger partial charge in [-0.15, -0.1) is 0 Å². The molecule has 0 aliphatic rings. The molecule has 2 atom stereocenters. The molecule has 0 saturated carbocycles. The van der Waals surface area contributed by atoms with Crippen LogP contribution in [0.1, 0.15) is 26.0 Å². The fraction of sp³-hybridized carbons (Fsp3) is 0.600. The molecule has 0 aliphatic carbocycles. The Kier molecular flexibility index (Phi) is 4.32. The van der Waals surface area contributed by atoms with Gasteiger partial charge in [-0.1, -0.05) is 0 Å². The number of anilines is 2. The molecule has 5 nitrogen and oxygen atoms in total. The van der Waals surface area contributed by atoms with E-state index in [0.29, 0.717) is 23.6 Å². The molecule has 0 amide bonds. The highest BCUT2D eigenvalue weighted by Gasteiger charge is 2.11. The topological polar surface area (TPSA) is 84.1 Å². The van der Waals surface area contributed by atoms with Crippen LogP contribution < -0.4 is 11.1 Å². The Labute approximate surface area is 100 Å². The third kappa shape index (κ3) is 3.50. The predicted molar refractivity (Wildman–Crippen MR) is 65.6 cm³/mol. The second-order valence-corrected chi connectivity index (χ2v) is 4.31. The van der Waals surface area contributed by atoms with Crippen LogP contribution in [0.5, 0.6) is 0 Å². The number of hydrogen-bond acceptors (Lipinski definition) is 5. The lowest BCUT2D eigenvalue weighted by Gasteiger charge is -2.17. The van der Waals surface area contributed by atoms with Crippen LogP contribution in [0.15, 0.2) is 0 Å². The normalized spacial score (nSPS) is 14.6. The van der Waals surface area contributed by atoms with Crippen molar-refractivity contribution in [3.05, 3.63) is 11.0 Å². The maximum absolute atomic E-state index is 9.25. The minimum Gasteiger partial charge on any atom is -0.394 e. The average Bonchev–Trinajstić information content (AvgIpc) is 2.11. The summed E-state index contributed by atoms with van der Waals surface area (Å²) in [5, 5.41) is 12.5. The van der Waals surface area contributed by atoms with Gasteiger partial charge in [0.25, 0.3) is 0 Å². The molecule has 1 heterocycles. The number of aromatic nitrogens is 2. The highest BCUT2D eigenvalue weighted by Crippen LogP contribution is 2.21. The number of nitrogens with one attached hydrogen (secondary N) is 1. The lowest BCUT2D eigenvalue weighted by molar-refractivity contribution is 0.179. The molecule has 0 radical (unpaired) electrons. The first-order chi connectivity index (χ1) is 7.40. The predicted octanol–water partition coefficient (Wildman–Crippen LogP) is 1.59. The Morgan fingerprint density at radius 3 is 2.62 bits per heavy atom. The second kappa shape index (κ2) is 5.32. The van der Waals surface area contributed by atoms with E-state index in [-0.39, 0.29) is 17.4 Å². The first-order valence-electron chi connectivity index (χ1n) is 5.14. The highest BCUT2D eigenvalue weighted by molar-refractivity contribution is 6.28. The Balaban J connectivity index is 2.80. The van der Waals surface area contributed by atoms with E-state index in [2.05, 4.69) is 15.3 Å². The molecule has 0 saturated heterocycles. The Morgan fingerprint density at radius 2 is 2.06 bits per heavy atom. The quantitative estimate of drug-likeness (QED) is 0.701. The summed E-state index contributed by atoms with van der Waals surface area (Å²) in [6.07, 6.45) is 0.238. The fourth-order valence-electron chi connectivity index (χ4n) is 1.46. The van der Waals surface area contributed by atoms with Gasteiger partial charge in [-0.05, 0) is 38.8 Å². The number of nitrogens with zero attached hydrogens (tertiary/aromatic N) is 2. The molecule has 0 bridgehead atoms. The van der Waals surface area contributed by atoms with Gasteiger partial charge >= 0.3 is 0 Å². The molecule has 0 aromatic carbocycles. The van der Waals surface area contributed by atoms with Crippen molar-refractivity contribution in [3.8, 4) is 0 Å². The lowest BCUT2D eigenvalue weighted by Crippen LogP contribution is -2.22. The minimum absolute atomic E-state index is 0.0627. The van der Waals surface area contributed by atoms with Crippen molar-refractivity contribution in [3.63, 3.8) is 0 Å². The fourth-order valence-corrected chi connectivity index (χ4v) is 1.67. The van der Waals surface area contributed by atoms with E-state index < -0.39 is 0 Å². The molecular formula is C10H17ClN4O. The molecule has 1 aromatic rings. The number of rotatable bonds is 4. The van der Waals surface area contributed by atoms with Gasteiger partial charge in [-0.25, -0.2) is 4.98 Å². The van der Waals surface area contributed by atoms with Crippen molar-refractivity contribution >= 4 is 23.1 Å². The molecule has 2 unspecified atom stereocenters. The van der Waals surface area contributed by atoms with Crippen molar-refractivity contribution in [2.45, 2.75) is 39.3 Å². The SMILES string of the molecule is Cc1nc(Cl)nc(NC(C)CC(C)O)c1N. The number of nitrogen functional groups attached to an aromatic ring is 1. The van der Waals surface area contributed by atoms with Crippen LogP contribution >= 0.6 is 11.6 Å². The number of aliphatic hydroxyl groups is 1. The molecule has 90 valence electrons. The molecule has 16 heavy (non-hydrogen) atoms. The van der Waals surface area contributed by atoms with Gasteiger partial charge < -0.3 is 16.2 Å². The smallest absolute Gasteiger partial charge is 0.224 e. The number of aliphatic hydroxyl groups excluding tert-OH is 1. The van der Waals surface area contributed by atoms with E-state index >= 15 is 0 Å². The van der Waals surface area contributed by atoms with Crippen molar-refractivity contribution in [2.75, 3.05) is 11.1 Å². The highest BCUT2D eigenvalue weighted by atomic mass is 35.5. The van der Waals surface area contributed by atoms with Crippen LogP contribution in [0.3, 0.4) is 0 Å². The van der Waals surface area contributed by atoms with Crippen LogP contribution in [-0.2, 0) is 0 Å². The van der Waals surface area contributed by atoms with Crippen LogP contribution in [-0.4, -0.2) is 27.2 Å². The summed E-state index contributed by atoms with van der Waals surface area (Å²) < 4.78 is 0. The van der Waals surface area contributed by atoms with Crippen LogP contribution in [0.2, 0.25) is 5.28 Å². The van der Waals surface area contributed by atoms with E-state index in [1.807, 2.05) is 6.92 Å². The molecule has 0 aliphatic heterocycles. The van der Waals surface area contributed by atoms with Crippen LogP contribution in [0.4, 0.5) is 11.5 Å². The zero-order valence-electron chi connectivity index (χ0n) is 9.66. The maximum Gasteiger partial charge on any atom is 0.224 e. The summed E-state index contributed by atoms with van der Waals surface area (Å²) in [7, 11) is 0. The zero-order valence-corrected chi connectivity index (χ0v) is 10.4. The van der Waals surface area contributed by atoms with E-state index in [9.17, 15) is 5.11 Å². The van der Waals surface area contributed by atoms with E-state index in [1.165, 1.54) is 0 Å². The van der Waals surface area contributed by atoms with E-state index in [1.54, 1.807) is 13.8 Å². The zero-order chi connectivity index (χ0) is 12.3. The van der Waals surface area contributed by atoms with Crippen LogP contribution in [0, 0.1) is 6.92 Å². The van der Waals surface area contributed by atoms with Gasteiger partial charge in [0.2, 0.25) is 5.28 Å². The first-order valence-corrected chi connectivity index (χ1v) is 5.52. The molecule has 6 heteroatoms. The average molecular weight is 245 g/mol. The molecule has 4 N–H and O–H groups in total. The third-order valence-corrected chi connectivity index (χ3v) is 2.36. The monoisotopic (exact) mass is 244 g/mol. The lowest BCUT2D eigenvalue weighted by atomic mass is 10.1. The number of aryl methyl sites for hydroxylation is 1. The summed E-state index contributed by atoms with van der Waals surface area (Å²) >= 11 is 5.74. The van der Waals surface area contributed by atoms with Gasteiger partial charge in [0.1, 0.15) is 0 Å². The summed E-state index contributed by atoms with van der Waals surface area (Å²) in [4.78, 5) is 7.96. The first kappa shape index (κ1) is 13.0. The van der Waals surface area contributed by atoms with Gasteiger partial charge in [0, 0.05) is 6.04 Å². The molecule has 0 fully saturated rings. The van der Waals surface area contributed by atoms with Crippen molar-refractivity contribution in [1.29, 1.82) is 0 Å². The Bertz CT molecular complexity index is 370. The van der Waals surface area contributed by atoms with Gasteiger partial charge in [-0.3, -0.25) is 0 Å². The van der Waals surface area contributed by atoms with E-state index in [4.69, 9.17) is 17.3 Å². The molecular weight excluding hydrogens is 228 g/mol.